The highest BCUT2D eigenvalue weighted by Crippen LogP contribution is 2.21. The molecule has 0 amide bonds. The largest absolute Gasteiger partial charge is 0.473 e. The Hall–Kier alpha value is -1.93. The summed E-state index contributed by atoms with van der Waals surface area (Å²) >= 11 is 0. The second-order valence-electron chi connectivity index (χ2n) is 4.48. The van der Waals surface area contributed by atoms with E-state index in [4.69, 9.17) is 4.74 Å². The van der Waals surface area contributed by atoms with Crippen LogP contribution in [0, 0.1) is 0 Å². The van der Waals surface area contributed by atoms with Gasteiger partial charge >= 0.3 is 0 Å². The number of H-pyrrole nitrogens is 1. The van der Waals surface area contributed by atoms with Gasteiger partial charge in [-0.25, -0.2) is 18.4 Å². The normalized spacial score (nSPS) is 20.1. The van der Waals surface area contributed by atoms with E-state index in [0.717, 1.165) is 0 Å². The van der Waals surface area contributed by atoms with Gasteiger partial charge in [0, 0.05) is 18.8 Å². The molecule has 0 aromatic carbocycles. The summed E-state index contributed by atoms with van der Waals surface area (Å²) in [7, 11) is -3.51. The number of aromatic nitrogens is 3. The molecule has 0 saturated carbocycles. The molecule has 1 N–H and O–H groups in total. The van der Waals surface area contributed by atoms with E-state index in [1.807, 2.05) is 6.07 Å². The minimum Gasteiger partial charge on any atom is -0.473 e. The van der Waals surface area contributed by atoms with Crippen LogP contribution in [0.3, 0.4) is 0 Å². The Morgan fingerprint density at radius 3 is 3.00 bits per heavy atom. The number of nitrogens with zero attached hydrogens (tertiary/aromatic N) is 3. The topological polar surface area (TPSA) is 88.2 Å². The molecule has 2 aromatic heterocycles. The Morgan fingerprint density at radius 1 is 1.40 bits per heavy atom. The molecule has 106 valence electrons. The van der Waals surface area contributed by atoms with Crippen molar-refractivity contribution in [2.24, 2.45) is 0 Å². The average Bonchev–Trinajstić information content (AvgIpc) is 3.11. The van der Waals surface area contributed by atoms with Crippen molar-refractivity contribution >= 4 is 10.0 Å². The Labute approximate surface area is 116 Å². The summed E-state index contributed by atoms with van der Waals surface area (Å²) < 4.78 is 31.6. The molecule has 1 aliphatic heterocycles. The van der Waals surface area contributed by atoms with Crippen LogP contribution in [0.5, 0.6) is 5.88 Å². The van der Waals surface area contributed by atoms with Gasteiger partial charge in [0.15, 0.2) is 5.03 Å². The molecule has 2 aromatic rings. The summed E-state index contributed by atoms with van der Waals surface area (Å²) in [6.45, 7) is 0.747. The molecule has 0 aliphatic carbocycles. The van der Waals surface area contributed by atoms with Gasteiger partial charge in [0.1, 0.15) is 6.10 Å². The minimum absolute atomic E-state index is 0.107. The molecule has 3 heterocycles. The van der Waals surface area contributed by atoms with Crippen LogP contribution in [0.1, 0.15) is 6.42 Å². The lowest BCUT2D eigenvalue weighted by Crippen LogP contribution is -2.31. The fraction of sp³-hybridized carbons (Fsp3) is 0.333. The Balaban J connectivity index is 1.68. The molecule has 0 spiro atoms. The molecule has 1 aliphatic rings. The van der Waals surface area contributed by atoms with Gasteiger partial charge in [0.2, 0.25) is 5.88 Å². The third-order valence-electron chi connectivity index (χ3n) is 3.12. The van der Waals surface area contributed by atoms with E-state index < -0.39 is 10.0 Å². The van der Waals surface area contributed by atoms with Crippen LogP contribution in [-0.2, 0) is 10.0 Å². The number of pyridine rings is 1. The number of nitrogens with one attached hydrogen (secondary N) is 1. The molecule has 20 heavy (non-hydrogen) atoms. The summed E-state index contributed by atoms with van der Waals surface area (Å²) in [5.41, 5.74) is 0. The van der Waals surface area contributed by atoms with Gasteiger partial charge in [-0.2, -0.15) is 4.31 Å². The van der Waals surface area contributed by atoms with Crippen molar-refractivity contribution in [1.82, 2.24) is 19.3 Å². The number of hydrogen-bond acceptors (Lipinski definition) is 5. The smallest absolute Gasteiger partial charge is 0.260 e. The van der Waals surface area contributed by atoms with Crippen molar-refractivity contribution in [3.05, 3.63) is 36.9 Å². The highest BCUT2D eigenvalue weighted by Gasteiger charge is 2.34. The zero-order valence-corrected chi connectivity index (χ0v) is 11.5. The van der Waals surface area contributed by atoms with Crippen molar-refractivity contribution < 1.29 is 13.2 Å². The van der Waals surface area contributed by atoms with Crippen molar-refractivity contribution in [2.75, 3.05) is 13.1 Å². The van der Waals surface area contributed by atoms with E-state index in [9.17, 15) is 8.42 Å². The first-order valence-electron chi connectivity index (χ1n) is 6.22. The molecular formula is C12H14N4O3S. The first kappa shape index (κ1) is 13.1. The summed E-state index contributed by atoms with van der Waals surface area (Å²) in [4.78, 5) is 10.4. The maximum Gasteiger partial charge on any atom is 0.260 e. The Bertz CT molecular complexity index is 657. The van der Waals surface area contributed by atoms with Crippen molar-refractivity contribution in [1.29, 1.82) is 0 Å². The Morgan fingerprint density at radius 2 is 2.30 bits per heavy atom. The maximum atomic E-state index is 12.3. The second kappa shape index (κ2) is 5.22. The Kier molecular flexibility index (Phi) is 3.41. The van der Waals surface area contributed by atoms with E-state index in [1.54, 1.807) is 18.3 Å². The lowest BCUT2D eigenvalue weighted by Gasteiger charge is -2.15. The number of aromatic amines is 1. The van der Waals surface area contributed by atoms with Gasteiger partial charge in [0.25, 0.3) is 10.0 Å². The van der Waals surface area contributed by atoms with Crippen molar-refractivity contribution in [3.8, 4) is 5.88 Å². The number of sulfonamides is 1. The minimum atomic E-state index is -3.51. The van der Waals surface area contributed by atoms with E-state index in [2.05, 4.69) is 15.0 Å². The predicted molar refractivity (Wildman–Crippen MR) is 70.6 cm³/mol. The van der Waals surface area contributed by atoms with E-state index in [1.165, 1.54) is 16.8 Å². The predicted octanol–water partition coefficient (Wildman–Crippen LogP) is 0.647. The third kappa shape index (κ3) is 2.52. The maximum absolute atomic E-state index is 12.3. The van der Waals surface area contributed by atoms with Crippen LogP contribution in [0.15, 0.2) is 41.9 Å². The van der Waals surface area contributed by atoms with Gasteiger partial charge in [-0.1, -0.05) is 6.07 Å². The summed E-state index contributed by atoms with van der Waals surface area (Å²) in [5.74, 6) is 0.512. The molecule has 1 unspecified atom stereocenters. The van der Waals surface area contributed by atoms with E-state index in [-0.39, 0.29) is 11.1 Å². The molecular weight excluding hydrogens is 280 g/mol. The summed E-state index contributed by atoms with van der Waals surface area (Å²) in [6, 6.07) is 5.39. The highest BCUT2D eigenvalue weighted by molar-refractivity contribution is 7.89. The van der Waals surface area contributed by atoms with Crippen LogP contribution < -0.4 is 4.74 Å². The quantitative estimate of drug-likeness (QED) is 0.894. The molecule has 1 saturated heterocycles. The SMILES string of the molecule is O=S(=O)(c1cnc[nH]1)N1CCC(Oc2ccccn2)C1. The third-order valence-corrected chi connectivity index (χ3v) is 4.91. The number of rotatable bonds is 4. The fourth-order valence-corrected chi connectivity index (χ4v) is 3.51. The van der Waals surface area contributed by atoms with Gasteiger partial charge in [-0.15, -0.1) is 0 Å². The standard InChI is InChI=1S/C12H14N4O3S/c17-20(18,12-7-13-9-15-12)16-6-4-10(8-16)19-11-3-1-2-5-14-11/h1-3,5,7,9-10H,4,6,8H2,(H,13,15). The first-order valence-corrected chi connectivity index (χ1v) is 7.66. The van der Waals surface area contributed by atoms with Crippen molar-refractivity contribution in [3.63, 3.8) is 0 Å². The average molecular weight is 294 g/mol. The lowest BCUT2D eigenvalue weighted by atomic mass is 10.3. The van der Waals surface area contributed by atoms with Gasteiger partial charge < -0.3 is 9.72 Å². The summed E-state index contributed by atoms with van der Waals surface area (Å²) in [6.07, 6.45) is 4.77. The zero-order valence-electron chi connectivity index (χ0n) is 10.6. The van der Waals surface area contributed by atoms with Crippen LogP contribution in [0.4, 0.5) is 0 Å². The van der Waals surface area contributed by atoms with E-state index >= 15 is 0 Å². The number of ether oxygens (including phenoxy) is 1. The zero-order chi connectivity index (χ0) is 14.0. The molecule has 7 nitrogen and oxygen atoms in total. The van der Waals surface area contributed by atoms with Gasteiger partial charge in [0.05, 0.1) is 19.1 Å². The molecule has 1 atom stereocenters. The van der Waals surface area contributed by atoms with Gasteiger partial charge in [-0.3, -0.25) is 0 Å². The van der Waals surface area contributed by atoms with Crippen molar-refractivity contribution in [2.45, 2.75) is 17.6 Å². The first-order chi connectivity index (χ1) is 9.66. The number of imidazole rings is 1. The molecule has 0 radical (unpaired) electrons. The monoisotopic (exact) mass is 294 g/mol. The molecule has 8 heteroatoms. The van der Waals surface area contributed by atoms with Crippen LogP contribution in [0.2, 0.25) is 0 Å². The highest BCUT2D eigenvalue weighted by atomic mass is 32.2. The number of hydrogen-bond donors (Lipinski definition) is 1. The van der Waals surface area contributed by atoms with Gasteiger partial charge in [-0.05, 0) is 12.5 Å². The fourth-order valence-electron chi connectivity index (χ4n) is 2.12. The second-order valence-corrected chi connectivity index (χ2v) is 6.38. The lowest BCUT2D eigenvalue weighted by molar-refractivity contribution is 0.207. The summed E-state index contributed by atoms with van der Waals surface area (Å²) in [5, 5.41) is 0.107. The van der Waals surface area contributed by atoms with Crippen LogP contribution in [-0.4, -0.2) is 46.9 Å². The van der Waals surface area contributed by atoms with Crippen LogP contribution >= 0.6 is 0 Å². The van der Waals surface area contributed by atoms with Crippen LogP contribution in [0.25, 0.3) is 0 Å². The molecule has 1 fully saturated rings. The molecule has 3 rings (SSSR count). The van der Waals surface area contributed by atoms with E-state index in [0.29, 0.717) is 25.4 Å². The molecule has 0 bridgehead atoms.